The number of anilines is 2. The molecular weight excluding hydrogens is 472 g/mol. The maximum atomic E-state index is 12.5. The quantitative estimate of drug-likeness (QED) is 0.410. The van der Waals surface area contributed by atoms with Crippen molar-refractivity contribution >= 4 is 40.0 Å². The molecule has 182 valence electrons. The molecule has 0 saturated carbocycles. The Labute approximate surface area is 215 Å². The fourth-order valence-corrected chi connectivity index (χ4v) is 5.48. The van der Waals surface area contributed by atoms with Crippen molar-refractivity contribution < 1.29 is 4.79 Å². The molecule has 0 atom stereocenters. The van der Waals surface area contributed by atoms with Gasteiger partial charge in [0.25, 0.3) is 0 Å². The first-order valence-corrected chi connectivity index (χ1v) is 12.5. The van der Waals surface area contributed by atoms with Crippen LogP contribution < -0.4 is 9.80 Å². The summed E-state index contributed by atoms with van der Waals surface area (Å²) in [5, 5.41) is 1.50. The van der Waals surface area contributed by atoms with Gasteiger partial charge in [-0.15, -0.1) is 0 Å². The predicted molar refractivity (Wildman–Crippen MR) is 146 cm³/mol. The third-order valence-corrected chi connectivity index (χ3v) is 7.53. The molecule has 0 aliphatic carbocycles. The van der Waals surface area contributed by atoms with Crippen molar-refractivity contribution in [2.75, 3.05) is 49.6 Å². The highest BCUT2D eigenvalue weighted by molar-refractivity contribution is 6.36. The second-order valence-corrected chi connectivity index (χ2v) is 9.78. The van der Waals surface area contributed by atoms with Crippen LogP contribution in [0.1, 0.15) is 5.56 Å². The van der Waals surface area contributed by atoms with E-state index in [1.165, 1.54) is 6.08 Å². The first-order chi connectivity index (χ1) is 17.5. The minimum Gasteiger partial charge on any atom is -0.354 e. The Bertz CT molecular complexity index is 1490. The molecule has 1 saturated heterocycles. The number of benzene rings is 1. The number of hydrogen-bond donors (Lipinski definition) is 1. The van der Waals surface area contributed by atoms with Gasteiger partial charge in [-0.1, -0.05) is 30.3 Å². The number of aromatic nitrogens is 3. The molecule has 2 aliphatic rings. The van der Waals surface area contributed by atoms with Crippen molar-refractivity contribution in [2.45, 2.75) is 6.42 Å². The van der Waals surface area contributed by atoms with E-state index in [1.54, 1.807) is 11.1 Å². The number of aromatic amines is 1. The number of nitrogens with one attached hydrogen (secondary N) is 1. The molecule has 1 aromatic carbocycles. The molecule has 6 rings (SSSR count). The monoisotopic (exact) mass is 498 g/mol. The van der Waals surface area contributed by atoms with E-state index in [0.29, 0.717) is 11.6 Å². The van der Waals surface area contributed by atoms with E-state index in [1.807, 2.05) is 18.3 Å². The smallest absolute Gasteiger partial charge is 0.250 e. The number of hydrogen-bond acceptors (Lipinski definition) is 5. The van der Waals surface area contributed by atoms with Gasteiger partial charge in [-0.3, -0.25) is 4.79 Å². The third-order valence-electron chi connectivity index (χ3n) is 7.22. The zero-order chi connectivity index (χ0) is 24.8. The lowest BCUT2D eigenvalue weighted by Crippen LogP contribution is -2.44. The van der Waals surface area contributed by atoms with Crippen LogP contribution in [0.2, 0.25) is 5.02 Å². The molecule has 1 amide bonds. The summed E-state index contributed by atoms with van der Waals surface area (Å²) in [5.41, 5.74) is 6.70. The number of H-pyrrole nitrogens is 1. The first kappa shape index (κ1) is 22.8. The molecule has 1 fully saturated rings. The molecule has 0 unspecified atom stereocenters. The molecule has 3 aromatic heterocycles. The van der Waals surface area contributed by atoms with E-state index in [-0.39, 0.29) is 5.91 Å². The topological polar surface area (TPSA) is 68.4 Å². The summed E-state index contributed by atoms with van der Waals surface area (Å²) in [7, 11) is 2.15. The van der Waals surface area contributed by atoms with Gasteiger partial charge in [-0.25, -0.2) is 9.97 Å². The number of piperazine rings is 1. The van der Waals surface area contributed by atoms with Crippen molar-refractivity contribution in [2.24, 2.45) is 0 Å². The van der Waals surface area contributed by atoms with Crippen LogP contribution in [0.5, 0.6) is 0 Å². The van der Waals surface area contributed by atoms with Crippen molar-refractivity contribution in [3.63, 3.8) is 0 Å². The van der Waals surface area contributed by atoms with Crippen LogP contribution in [0.25, 0.3) is 33.4 Å². The summed E-state index contributed by atoms with van der Waals surface area (Å²) in [5.74, 6) is 0.872. The Hall–Kier alpha value is -3.68. The first-order valence-electron chi connectivity index (χ1n) is 12.2. The summed E-state index contributed by atoms with van der Waals surface area (Å²) in [6, 6.07) is 12.3. The lowest BCUT2D eigenvalue weighted by Gasteiger charge is -2.33. The fourth-order valence-electron chi connectivity index (χ4n) is 5.24. The van der Waals surface area contributed by atoms with Crippen LogP contribution in [-0.4, -0.2) is 65.5 Å². The van der Waals surface area contributed by atoms with Gasteiger partial charge >= 0.3 is 0 Å². The summed E-state index contributed by atoms with van der Waals surface area (Å²) in [4.78, 5) is 31.7. The van der Waals surface area contributed by atoms with E-state index in [4.69, 9.17) is 11.6 Å². The number of nitrogens with zero attached hydrogens (tertiary/aromatic N) is 5. The van der Waals surface area contributed by atoms with E-state index >= 15 is 0 Å². The van der Waals surface area contributed by atoms with Gasteiger partial charge in [-0.05, 0) is 54.9 Å². The van der Waals surface area contributed by atoms with Gasteiger partial charge < -0.3 is 19.7 Å². The average Bonchev–Trinajstić information content (AvgIpc) is 3.51. The van der Waals surface area contributed by atoms with E-state index < -0.39 is 0 Å². The Balaban J connectivity index is 1.50. The van der Waals surface area contributed by atoms with Gasteiger partial charge in [0.05, 0.1) is 10.7 Å². The highest BCUT2D eigenvalue weighted by Crippen LogP contribution is 2.43. The van der Waals surface area contributed by atoms with Crippen LogP contribution in [0.4, 0.5) is 11.5 Å². The molecule has 7 nitrogen and oxygen atoms in total. The van der Waals surface area contributed by atoms with Crippen molar-refractivity contribution in [1.82, 2.24) is 19.9 Å². The lowest BCUT2D eigenvalue weighted by molar-refractivity contribution is -0.114. The second-order valence-electron chi connectivity index (χ2n) is 9.37. The van der Waals surface area contributed by atoms with Crippen LogP contribution in [0.3, 0.4) is 0 Å². The number of carbonyl (C=O) groups excluding carboxylic acids is 1. The molecule has 0 spiro atoms. The van der Waals surface area contributed by atoms with Crippen LogP contribution in [0, 0.1) is 0 Å². The molecule has 1 N–H and O–H groups in total. The van der Waals surface area contributed by atoms with Crippen LogP contribution >= 0.6 is 11.6 Å². The normalized spacial score (nSPS) is 15.9. The molecular formula is C28H27ClN6O. The Morgan fingerprint density at radius 3 is 2.64 bits per heavy atom. The SMILES string of the molecule is C=CC(=O)N1CCc2ccc(-c3c(-c4ccnc(N5CCN(C)CC5)c4)[nH]c4nccc(Cl)c34)cc21. The number of likely N-dealkylation sites (N-methyl/N-ethyl adjacent to an activating group) is 1. The second kappa shape index (κ2) is 9.08. The molecule has 4 aromatic rings. The summed E-state index contributed by atoms with van der Waals surface area (Å²) < 4.78 is 0. The minimum atomic E-state index is -0.0873. The maximum Gasteiger partial charge on any atom is 0.250 e. The lowest BCUT2D eigenvalue weighted by atomic mass is 9.97. The summed E-state index contributed by atoms with van der Waals surface area (Å²) in [6.07, 6.45) is 5.78. The summed E-state index contributed by atoms with van der Waals surface area (Å²) in [6.45, 7) is 8.24. The number of fused-ring (bicyclic) bond motifs is 2. The summed E-state index contributed by atoms with van der Waals surface area (Å²) >= 11 is 6.74. The Morgan fingerprint density at radius 1 is 1.03 bits per heavy atom. The number of rotatable bonds is 4. The highest BCUT2D eigenvalue weighted by atomic mass is 35.5. The molecule has 2 aliphatic heterocycles. The van der Waals surface area contributed by atoms with Gasteiger partial charge in [0.15, 0.2) is 0 Å². The maximum absolute atomic E-state index is 12.5. The van der Waals surface area contributed by atoms with Crippen molar-refractivity contribution in [3.8, 4) is 22.4 Å². The van der Waals surface area contributed by atoms with Crippen molar-refractivity contribution in [1.29, 1.82) is 0 Å². The average molecular weight is 499 g/mol. The molecule has 5 heterocycles. The predicted octanol–water partition coefficient (Wildman–Crippen LogP) is 4.77. The number of halogens is 1. The van der Waals surface area contributed by atoms with Crippen LogP contribution in [-0.2, 0) is 11.2 Å². The largest absolute Gasteiger partial charge is 0.354 e. The molecule has 0 bridgehead atoms. The van der Waals surface area contributed by atoms with E-state index in [0.717, 1.165) is 83.1 Å². The van der Waals surface area contributed by atoms with E-state index in [9.17, 15) is 4.79 Å². The Kier molecular flexibility index (Phi) is 5.74. The standard InChI is InChI=1S/C28H27ClN6O/c1-3-24(36)35-11-8-18-4-5-19(16-22(18)35)25-26-21(29)7-10-31-28(26)32-27(25)20-6-9-30-23(17-20)34-14-12-33(2)13-15-34/h3-7,9-10,16-17H,1,8,11-15H2,2H3,(H,31,32). The Morgan fingerprint density at radius 2 is 1.83 bits per heavy atom. The highest BCUT2D eigenvalue weighted by Gasteiger charge is 2.26. The van der Waals surface area contributed by atoms with Gasteiger partial charge in [0.1, 0.15) is 11.5 Å². The zero-order valence-electron chi connectivity index (χ0n) is 20.2. The van der Waals surface area contributed by atoms with Crippen molar-refractivity contribution in [3.05, 3.63) is 72.0 Å². The van der Waals surface area contributed by atoms with Crippen LogP contribution in [0.15, 0.2) is 61.4 Å². The zero-order valence-corrected chi connectivity index (χ0v) is 20.9. The van der Waals surface area contributed by atoms with Gasteiger partial charge in [-0.2, -0.15) is 0 Å². The number of amides is 1. The molecule has 0 radical (unpaired) electrons. The molecule has 8 heteroatoms. The third kappa shape index (κ3) is 3.85. The van der Waals surface area contributed by atoms with Gasteiger partial charge in [0.2, 0.25) is 5.91 Å². The molecule has 36 heavy (non-hydrogen) atoms. The fraction of sp³-hybridized carbons (Fsp3) is 0.250. The van der Waals surface area contributed by atoms with Gasteiger partial charge in [0, 0.05) is 67.3 Å². The number of carbonyl (C=O) groups is 1. The number of pyridine rings is 2. The van der Waals surface area contributed by atoms with E-state index in [2.05, 4.69) is 62.6 Å². The minimum absolute atomic E-state index is 0.0873.